The Labute approximate surface area is 110 Å². The van der Waals surface area contributed by atoms with Crippen LogP contribution in [-0.2, 0) is 11.2 Å². The Balaban J connectivity index is 2.22. The molecule has 1 aliphatic heterocycles. The van der Waals surface area contributed by atoms with Gasteiger partial charge in [-0.3, -0.25) is 4.79 Å². The van der Waals surface area contributed by atoms with E-state index in [4.69, 9.17) is 10.2 Å². The van der Waals surface area contributed by atoms with Gasteiger partial charge in [-0.25, -0.2) is 4.79 Å². The van der Waals surface area contributed by atoms with Crippen LogP contribution in [0.15, 0.2) is 18.2 Å². The molecule has 1 amide bonds. The second-order valence-corrected chi connectivity index (χ2v) is 4.41. The van der Waals surface area contributed by atoms with Crippen molar-refractivity contribution in [3.8, 4) is 0 Å². The molecular weight excluding hydrogens is 248 g/mol. The smallest absolute Gasteiger partial charge is 0.328 e. The van der Waals surface area contributed by atoms with Crippen molar-refractivity contribution in [2.45, 2.75) is 18.9 Å². The Morgan fingerprint density at radius 1 is 1.42 bits per heavy atom. The molecule has 0 saturated carbocycles. The fourth-order valence-corrected chi connectivity index (χ4v) is 2.14. The normalized spacial score (nSPS) is 15.0. The fraction of sp³-hybridized carbons (Fsp3) is 0.385. The van der Waals surface area contributed by atoms with E-state index in [9.17, 15) is 9.59 Å². The summed E-state index contributed by atoms with van der Waals surface area (Å²) in [7, 11) is 0. The molecule has 1 unspecified atom stereocenters. The molecule has 6 nitrogen and oxygen atoms in total. The third-order valence-electron chi connectivity index (χ3n) is 3.13. The minimum Gasteiger partial charge on any atom is -0.480 e. The highest BCUT2D eigenvalue weighted by Crippen LogP contribution is 2.25. The molecule has 6 heteroatoms. The average Bonchev–Trinajstić information content (AvgIpc) is 2.43. The zero-order valence-corrected chi connectivity index (χ0v) is 10.3. The number of carbonyl (C=O) groups is 2. The summed E-state index contributed by atoms with van der Waals surface area (Å²) in [5.74, 6) is -1.72. The second-order valence-electron chi connectivity index (χ2n) is 4.41. The standard InChI is InChI=1S/C13H16N2O4/c16-7-11(13(18)19)15-12(17)9-3-1-5-10-8(9)4-2-6-14-10/h1,3,5,11,14,16H,2,4,6-7H2,(H,15,17)(H,18,19). The number of benzene rings is 1. The number of carbonyl (C=O) groups excluding carboxylic acids is 1. The minimum atomic E-state index is -1.28. The Bertz CT molecular complexity index is 501. The number of nitrogens with one attached hydrogen (secondary N) is 2. The van der Waals surface area contributed by atoms with Gasteiger partial charge in [-0.2, -0.15) is 0 Å². The maximum absolute atomic E-state index is 12.1. The van der Waals surface area contributed by atoms with Gasteiger partial charge in [-0.15, -0.1) is 0 Å². The van der Waals surface area contributed by atoms with Crippen LogP contribution in [0, 0.1) is 0 Å². The lowest BCUT2D eigenvalue weighted by atomic mass is 9.97. The predicted molar refractivity (Wildman–Crippen MR) is 69.2 cm³/mol. The summed E-state index contributed by atoms with van der Waals surface area (Å²) in [5.41, 5.74) is 2.27. The molecule has 0 bridgehead atoms. The maximum atomic E-state index is 12.1. The summed E-state index contributed by atoms with van der Waals surface area (Å²) < 4.78 is 0. The quantitative estimate of drug-likeness (QED) is 0.623. The first-order valence-corrected chi connectivity index (χ1v) is 6.13. The van der Waals surface area contributed by atoms with Gasteiger partial charge in [-0.1, -0.05) is 6.07 Å². The molecule has 19 heavy (non-hydrogen) atoms. The van der Waals surface area contributed by atoms with Gasteiger partial charge in [0, 0.05) is 17.8 Å². The van der Waals surface area contributed by atoms with Crippen molar-refractivity contribution in [2.24, 2.45) is 0 Å². The first-order chi connectivity index (χ1) is 9.13. The highest BCUT2D eigenvalue weighted by molar-refractivity contribution is 5.99. The van der Waals surface area contributed by atoms with Crippen LogP contribution in [-0.4, -0.2) is 41.3 Å². The third-order valence-corrected chi connectivity index (χ3v) is 3.13. The number of carboxylic acid groups (broad SMARTS) is 1. The molecule has 4 N–H and O–H groups in total. The summed E-state index contributed by atoms with van der Waals surface area (Å²) in [6, 6.07) is 4.03. The van der Waals surface area contributed by atoms with E-state index in [1.807, 2.05) is 6.07 Å². The van der Waals surface area contributed by atoms with Gasteiger partial charge in [0.2, 0.25) is 0 Å². The number of aliphatic carboxylic acids is 1. The Morgan fingerprint density at radius 3 is 2.89 bits per heavy atom. The number of rotatable bonds is 4. The molecule has 0 fully saturated rings. The van der Waals surface area contributed by atoms with E-state index in [0.717, 1.165) is 30.6 Å². The lowest BCUT2D eigenvalue weighted by molar-refractivity contribution is -0.140. The molecule has 102 valence electrons. The zero-order valence-electron chi connectivity index (χ0n) is 10.3. The predicted octanol–water partition coefficient (Wildman–Crippen LogP) is 0.220. The van der Waals surface area contributed by atoms with Gasteiger partial charge in [0.05, 0.1) is 6.61 Å². The topological polar surface area (TPSA) is 98.7 Å². The molecular formula is C13H16N2O4. The second kappa shape index (κ2) is 5.71. The van der Waals surface area contributed by atoms with Crippen molar-refractivity contribution < 1.29 is 19.8 Å². The lowest BCUT2D eigenvalue weighted by Gasteiger charge is -2.21. The fourth-order valence-electron chi connectivity index (χ4n) is 2.14. The number of hydrogen-bond donors (Lipinski definition) is 4. The summed E-state index contributed by atoms with van der Waals surface area (Å²) in [6.45, 7) is 0.237. The molecule has 2 rings (SSSR count). The van der Waals surface area contributed by atoms with E-state index in [1.54, 1.807) is 12.1 Å². The molecule has 0 aliphatic carbocycles. The summed E-state index contributed by atoms with van der Waals surface area (Å²) in [4.78, 5) is 22.9. The number of fused-ring (bicyclic) bond motifs is 1. The summed E-state index contributed by atoms with van der Waals surface area (Å²) in [5, 5.41) is 23.3. The highest BCUT2D eigenvalue weighted by Gasteiger charge is 2.22. The molecule has 1 atom stereocenters. The molecule has 1 aromatic rings. The number of aliphatic hydroxyl groups excluding tert-OH is 1. The van der Waals surface area contributed by atoms with Crippen LogP contribution in [0.1, 0.15) is 22.3 Å². The third kappa shape index (κ3) is 2.85. The van der Waals surface area contributed by atoms with E-state index in [1.165, 1.54) is 0 Å². The number of anilines is 1. The van der Waals surface area contributed by atoms with Crippen molar-refractivity contribution in [1.82, 2.24) is 5.32 Å². The van der Waals surface area contributed by atoms with Crippen molar-refractivity contribution in [3.05, 3.63) is 29.3 Å². The average molecular weight is 264 g/mol. The summed E-state index contributed by atoms with van der Waals surface area (Å²) in [6.07, 6.45) is 1.71. The Hall–Kier alpha value is -2.08. The van der Waals surface area contributed by atoms with Crippen LogP contribution < -0.4 is 10.6 Å². The van der Waals surface area contributed by atoms with E-state index in [0.29, 0.717) is 5.56 Å². The Morgan fingerprint density at radius 2 is 2.21 bits per heavy atom. The van der Waals surface area contributed by atoms with Gasteiger partial charge in [-0.05, 0) is 30.5 Å². The van der Waals surface area contributed by atoms with Crippen LogP contribution >= 0.6 is 0 Å². The van der Waals surface area contributed by atoms with Gasteiger partial charge in [0.1, 0.15) is 0 Å². The van der Waals surface area contributed by atoms with E-state index >= 15 is 0 Å². The number of aliphatic hydroxyl groups is 1. The van der Waals surface area contributed by atoms with Gasteiger partial charge in [0.15, 0.2) is 6.04 Å². The van der Waals surface area contributed by atoms with Crippen molar-refractivity contribution in [2.75, 3.05) is 18.5 Å². The monoisotopic (exact) mass is 264 g/mol. The molecule has 0 radical (unpaired) electrons. The highest BCUT2D eigenvalue weighted by atomic mass is 16.4. The first-order valence-electron chi connectivity index (χ1n) is 6.13. The number of amides is 1. The molecule has 1 aliphatic rings. The van der Waals surface area contributed by atoms with Crippen LogP contribution in [0.4, 0.5) is 5.69 Å². The van der Waals surface area contributed by atoms with E-state index in [2.05, 4.69) is 10.6 Å². The minimum absolute atomic E-state index is 0.462. The largest absolute Gasteiger partial charge is 0.480 e. The van der Waals surface area contributed by atoms with Gasteiger partial charge >= 0.3 is 5.97 Å². The van der Waals surface area contributed by atoms with Crippen molar-refractivity contribution >= 4 is 17.6 Å². The zero-order chi connectivity index (χ0) is 13.8. The van der Waals surface area contributed by atoms with Gasteiger partial charge in [0.25, 0.3) is 5.91 Å². The SMILES string of the molecule is O=C(NC(CO)C(=O)O)c1cccc2c1CCCN2. The van der Waals surface area contributed by atoms with Crippen LogP contribution in [0.5, 0.6) is 0 Å². The number of hydrogen-bond acceptors (Lipinski definition) is 4. The molecule has 0 spiro atoms. The van der Waals surface area contributed by atoms with Crippen LogP contribution in [0.25, 0.3) is 0 Å². The maximum Gasteiger partial charge on any atom is 0.328 e. The lowest BCUT2D eigenvalue weighted by Crippen LogP contribution is -2.43. The molecule has 0 aromatic heterocycles. The van der Waals surface area contributed by atoms with Crippen LogP contribution in [0.3, 0.4) is 0 Å². The molecule has 0 saturated heterocycles. The summed E-state index contributed by atoms with van der Waals surface area (Å²) >= 11 is 0. The first kappa shape index (κ1) is 13.4. The Kier molecular flexibility index (Phi) is 4.01. The van der Waals surface area contributed by atoms with Crippen molar-refractivity contribution in [3.63, 3.8) is 0 Å². The van der Waals surface area contributed by atoms with Crippen LogP contribution in [0.2, 0.25) is 0 Å². The molecule has 1 heterocycles. The van der Waals surface area contributed by atoms with E-state index < -0.39 is 24.5 Å². The molecule has 1 aromatic carbocycles. The van der Waals surface area contributed by atoms with Crippen molar-refractivity contribution in [1.29, 1.82) is 0 Å². The van der Waals surface area contributed by atoms with Gasteiger partial charge < -0.3 is 20.8 Å². The van der Waals surface area contributed by atoms with E-state index in [-0.39, 0.29) is 0 Å². The number of carboxylic acids is 1.